The van der Waals surface area contributed by atoms with E-state index in [9.17, 15) is 0 Å². The Morgan fingerprint density at radius 1 is 1.33 bits per heavy atom. The number of hydrogen-bond donors (Lipinski definition) is 0. The van der Waals surface area contributed by atoms with Crippen molar-refractivity contribution in [3.05, 3.63) is 41.3 Å². The molecule has 0 saturated heterocycles. The molecule has 0 aliphatic carbocycles. The molecular formula is C11H9BrN2O. The van der Waals surface area contributed by atoms with E-state index in [1.807, 2.05) is 24.3 Å². The first kappa shape index (κ1) is 10.1. The third-order valence-corrected chi connectivity index (χ3v) is 2.59. The molecule has 2 rings (SSSR count). The lowest BCUT2D eigenvalue weighted by atomic mass is 10.1. The Bertz CT molecular complexity index is 474. The minimum Gasteiger partial charge on any atom is -0.497 e. The molecular weight excluding hydrogens is 256 g/mol. The summed E-state index contributed by atoms with van der Waals surface area (Å²) in [6, 6.07) is 7.75. The van der Waals surface area contributed by atoms with Gasteiger partial charge in [-0.3, -0.25) is 0 Å². The van der Waals surface area contributed by atoms with Crippen LogP contribution in [0.1, 0.15) is 0 Å². The molecule has 0 radical (unpaired) electrons. The van der Waals surface area contributed by atoms with Crippen molar-refractivity contribution in [2.24, 2.45) is 0 Å². The predicted octanol–water partition coefficient (Wildman–Crippen LogP) is 2.91. The molecule has 0 aliphatic rings. The fourth-order valence-electron chi connectivity index (χ4n) is 1.30. The molecule has 0 N–H and O–H groups in total. The first-order valence-electron chi connectivity index (χ1n) is 4.41. The highest BCUT2D eigenvalue weighted by atomic mass is 79.9. The average molecular weight is 265 g/mol. The molecule has 0 fully saturated rings. The van der Waals surface area contributed by atoms with Crippen LogP contribution in [-0.2, 0) is 0 Å². The molecule has 0 amide bonds. The van der Waals surface area contributed by atoms with Crippen LogP contribution in [0.5, 0.6) is 5.75 Å². The van der Waals surface area contributed by atoms with Crippen molar-refractivity contribution in [1.82, 2.24) is 9.97 Å². The third kappa shape index (κ3) is 2.15. The number of halogens is 1. The lowest BCUT2D eigenvalue weighted by Crippen LogP contribution is -1.88. The normalized spacial score (nSPS) is 10.0. The summed E-state index contributed by atoms with van der Waals surface area (Å²) in [4.78, 5) is 8.13. The Kier molecular flexibility index (Phi) is 2.97. The van der Waals surface area contributed by atoms with Gasteiger partial charge in [0.05, 0.1) is 17.3 Å². The summed E-state index contributed by atoms with van der Waals surface area (Å²) in [6.45, 7) is 0. The fraction of sp³-hybridized carbons (Fsp3) is 0.0909. The van der Waals surface area contributed by atoms with E-state index in [1.54, 1.807) is 13.3 Å². The Balaban J connectivity index is 2.49. The number of hydrogen-bond acceptors (Lipinski definition) is 3. The van der Waals surface area contributed by atoms with E-state index in [1.165, 1.54) is 6.33 Å². The van der Waals surface area contributed by atoms with Crippen LogP contribution in [0, 0.1) is 0 Å². The molecule has 4 heteroatoms. The zero-order valence-electron chi connectivity index (χ0n) is 8.14. The second-order valence-corrected chi connectivity index (χ2v) is 3.81. The number of methoxy groups -OCH3 is 1. The summed E-state index contributed by atoms with van der Waals surface area (Å²) in [5.74, 6) is 0.818. The van der Waals surface area contributed by atoms with Crippen LogP contribution < -0.4 is 4.74 Å². The maximum absolute atomic E-state index is 5.16. The Morgan fingerprint density at radius 3 is 2.93 bits per heavy atom. The van der Waals surface area contributed by atoms with Gasteiger partial charge in [-0.05, 0) is 28.1 Å². The summed E-state index contributed by atoms with van der Waals surface area (Å²) < 4.78 is 6.03. The maximum atomic E-state index is 5.16. The van der Waals surface area contributed by atoms with E-state index in [0.717, 1.165) is 21.5 Å². The summed E-state index contributed by atoms with van der Waals surface area (Å²) >= 11 is 3.41. The smallest absolute Gasteiger partial charge is 0.119 e. The van der Waals surface area contributed by atoms with Crippen LogP contribution in [0.4, 0.5) is 0 Å². The van der Waals surface area contributed by atoms with Crippen LogP contribution in [-0.4, -0.2) is 17.1 Å². The Labute approximate surface area is 96.3 Å². The van der Waals surface area contributed by atoms with E-state index in [-0.39, 0.29) is 0 Å². The van der Waals surface area contributed by atoms with Crippen LogP contribution in [0.25, 0.3) is 11.3 Å². The highest BCUT2D eigenvalue weighted by Crippen LogP contribution is 2.27. The molecule has 1 aromatic heterocycles. The Hall–Kier alpha value is -1.42. The number of ether oxygens (including phenoxy) is 1. The molecule has 0 unspecified atom stereocenters. The number of aromatic nitrogens is 2. The van der Waals surface area contributed by atoms with Gasteiger partial charge in [0.15, 0.2) is 0 Å². The highest BCUT2D eigenvalue weighted by Gasteiger charge is 2.04. The topological polar surface area (TPSA) is 35.0 Å². The van der Waals surface area contributed by atoms with Crippen molar-refractivity contribution >= 4 is 15.9 Å². The fourth-order valence-corrected chi connectivity index (χ4v) is 1.74. The zero-order chi connectivity index (χ0) is 10.7. The second kappa shape index (κ2) is 4.40. The SMILES string of the molecule is COc1cccc(-c2ncncc2Br)c1. The van der Waals surface area contributed by atoms with Crippen LogP contribution in [0.3, 0.4) is 0 Å². The molecule has 3 nitrogen and oxygen atoms in total. The van der Waals surface area contributed by atoms with Gasteiger partial charge < -0.3 is 4.74 Å². The van der Waals surface area contributed by atoms with Gasteiger partial charge >= 0.3 is 0 Å². The molecule has 15 heavy (non-hydrogen) atoms. The molecule has 0 aliphatic heterocycles. The molecule has 0 atom stereocenters. The van der Waals surface area contributed by atoms with Crippen LogP contribution >= 0.6 is 15.9 Å². The summed E-state index contributed by atoms with van der Waals surface area (Å²) in [7, 11) is 1.65. The van der Waals surface area contributed by atoms with Crippen LogP contribution in [0.2, 0.25) is 0 Å². The summed E-state index contributed by atoms with van der Waals surface area (Å²) in [6.07, 6.45) is 3.25. The third-order valence-electron chi connectivity index (χ3n) is 2.01. The monoisotopic (exact) mass is 264 g/mol. The van der Waals surface area contributed by atoms with Crippen LogP contribution in [0.15, 0.2) is 41.3 Å². The van der Waals surface area contributed by atoms with Gasteiger partial charge in [-0.2, -0.15) is 0 Å². The van der Waals surface area contributed by atoms with Crippen molar-refractivity contribution in [2.45, 2.75) is 0 Å². The molecule has 76 valence electrons. The molecule has 2 aromatic rings. The van der Waals surface area contributed by atoms with Gasteiger partial charge in [0, 0.05) is 11.8 Å². The van der Waals surface area contributed by atoms with Crippen molar-refractivity contribution in [3.8, 4) is 17.0 Å². The van der Waals surface area contributed by atoms with Gasteiger partial charge in [-0.25, -0.2) is 9.97 Å². The van der Waals surface area contributed by atoms with Gasteiger partial charge in [-0.15, -0.1) is 0 Å². The first-order chi connectivity index (χ1) is 7.31. The van der Waals surface area contributed by atoms with Gasteiger partial charge in [-0.1, -0.05) is 12.1 Å². The van der Waals surface area contributed by atoms with E-state index in [0.29, 0.717) is 0 Å². The molecule has 0 bridgehead atoms. The van der Waals surface area contributed by atoms with E-state index in [4.69, 9.17) is 4.74 Å². The second-order valence-electron chi connectivity index (χ2n) is 2.95. The molecule has 1 heterocycles. The number of rotatable bonds is 2. The lowest BCUT2D eigenvalue weighted by molar-refractivity contribution is 0.415. The minimum absolute atomic E-state index is 0.818. The predicted molar refractivity (Wildman–Crippen MR) is 61.7 cm³/mol. The molecule has 0 saturated carbocycles. The molecule has 0 spiro atoms. The van der Waals surface area contributed by atoms with Crippen molar-refractivity contribution < 1.29 is 4.74 Å². The van der Waals surface area contributed by atoms with Gasteiger partial charge in [0.2, 0.25) is 0 Å². The number of benzene rings is 1. The average Bonchev–Trinajstić information content (AvgIpc) is 2.30. The highest BCUT2D eigenvalue weighted by molar-refractivity contribution is 9.10. The molecule has 1 aromatic carbocycles. The standard InChI is InChI=1S/C11H9BrN2O/c1-15-9-4-2-3-8(5-9)11-10(12)6-13-7-14-11/h2-7H,1H3. The van der Waals surface area contributed by atoms with Crippen molar-refractivity contribution in [2.75, 3.05) is 7.11 Å². The van der Waals surface area contributed by atoms with E-state index < -0.39 is 0 Å². The van der Waals surface area contributed by atoms with E-state index >= 15 is 0 Å². The van der Waals surface area contributed by atoms with Crippen molar-refractivity contribution in [1.29, 1.82) is 0 Å². The summed E-state index contributed by atoms with van der Waals surface area (Å²) in [5, 5.41) is 0. The minimum atomic E-state index is 0.818. The summed E-state index contributed by atoms with van der Waals surface area (Å²) in [5.41, 5.74) is 1.87. The Morgan fingerprint density at radius 2 is 2.20 bits per heavy atom. The maximum Gasteiger partial charge on any atom is 0.119 e. The van der Waals surface area contributed by atoms with Gasteiger partial charge in [0.1, 0.15) is 12.1 Å². The van der Waals surface area contributed by atoms with Gasteiger partial charge in [0.25, 0.3) is 0 Å². The quantitative estimate of drug-likeness (QED) is 0.837. The largest absolute Gasteiger partial charge is 0.497 e. The van der Waals surface area contributed by atoms with Crippen molar-refractivity contribution in [3.63, 3.8) is 0 Å². The lowest BCUT2D eigenvalue weighted by Gasteiger charge is -2.04. The zero-order valence-corrected chi connectivity index (χ0v) is 9.73. The first-order valence-corrected chi connectivity index (χ1v) is 5.20. The van der Waals surface area contributed by atoms with E-state index in [2.05, 4.69) is 25.9 Å². The number of nitrogens with zero attached hydrogens (tertiary/aromatic N) is 2.